The lowest BCUT2D eigenvalue weighted by Crippen LogP contribution is -1.84. The summed E-state index contributed by atoms with van der Waals surface area (Å²) < 4.78 is 0. The normalized spacial score (nSPS) is 10.2. The Balaban J connectivity index is 3.00. The van der Waals surface area contributed by atoms with Crippen molar-refractivity contribution < 1.29 is 10.0 Å². The molecule has 0 aromatic heterocycles. The second kappa shape index (κ2) is 3.51. The van der Waals surface area contributed by atoms with Crippen LogP contribution < -0.4 is 0 Å². The first-order valence-corrected chi connectivity index (χ1v) is 3.09. The largest absolute Gasteiger partial charge is 0.411 e. The fraction of sp³-hybridized carbons (Fsp3) is 0. The standard InChI is InChI=1S/C8H7NO2/c10-6-8-3-1-2-7(4-8)5-9-11/h1-6,11H/b9-5+. The Kier molecular flexibility index (Phi) is 2.38. The summed E-state index contributed by atoms with van der Waals surface area (Å²) in [5, 5.41) is 11.0. The molecule has 0 heterocycles. The van der Waals surface area contributed by atoms with E-state index < -0.39 is 0 Å². The van der Waals surface area contributed by atoms with Gasteiger partial charge >= 0.3 is 0 Å². The van der Waals surface area contributed by atoms with Gasteiger partial charge < -0.3 is 5.21 Å². The molecule has 0 unspecified atom stereocenters. The molecule has 0 saturated carbocycles. The molecule has 0 radical (unpaired) electrons. The number of oxime groups is 1. The highest BCUT2D eigenvalue weighted by Gasteiger charge is 1.90. The van der Waals surface area contributed by atoms with Gasteiger partial charge in [0.05, 0.1) is 6.21 Å². The summed E-state index contributed by atoms with van der Waals surface area (Å²) >= 11 is 0. The van der Waals surface area contributed by atoms with Gasteiger partial charge in [0.15, 0.2) is 0 Å². The van der Waals surface area contributed by atoms with E-state index in [0.717, 1.165) is 6.29 Å². The molecular weight excluding hydrogens is 142 g/mol. The number of carbonyl (C=O) groups is 1. The quantitative estimate of drug-likeness (QED) is 0.298. The summed E-state index contributed by atoms with van der Waals surface area (Å²) in [5.41, 5.74) is 1.28. The molecule has 11 heavy (non-hydrogen) atoms. The van der Waals surface area contributed by atoms with E-state index in [9.17, 15) is 4.79 Å². The summed E-state index contributed by atoms with van der Waals surface area (Å²) in [5.74, 6) is 0. The summed E-state index contributed by atoms with van der Waals surface area (Å²) in [7, 11) is 0. The van der Waals surface area contributed by atoms with Gasteiger partial charge in [0.2, 0.25) is 0 Å². The zero-order valence-electron chi connectivity index (χ0n) is 5.77. The molecule has 3 heteroatoms. The maximum Gasteiger partial charge on any atom is 0.150 e. The van der Waals surface area contributed by atoms with Crippen molar-refractivity contribution in [1.29, 1.82) is 0 Å². The van der Waals surface area contributed by atoms with Crippen LogP contribution in [0.25, 0.3) is 0 Å². The number of carbonyl (C=O) groups excluding carboxylic acids is 1. The lowest BCUT2D eigenvalue weighted by Gasteiger charge is -1.91. The van der Waals surface area contributed by atoms with Crippen LogP contribution in [0.2, 0.25) is 0 Å². The first kappa shape index (κ1) is 7.47. The topological polar surface area (TPSA) is 49.7 Å². The van der Waals surface area contributed by atoms with E-state index >= 15 is 0 Å². The van der Waals surface area contributed by atoms with Crippen molar-refractivity contribution in [3.8, 4) is 0 Å². The van der Waals surface area contributed by atoms with Gasteiger partial charge in [0, 0.05) is 5.56 Å². The first-order valence-electron chi connectivity index (χ1n) is 3.09. The van der Waals surface area contributed by atoms with E-state index in [1.54, 1.807) is 24.3 Å². The zero-order valence-corrected chi connectivity index (χ0v) is 5.77. The molecule has 0 amide bonds. The van der Waals surface area contributed by atoms with E-state index in [1.807, 2.05) is 0 Å². The monoisotopic (exact) mass is 149 g/mol. The van der Waals surface area contributed by atoms with Gasteiger partial charge in [0.25, 0.3) is 0 Å². The molecule has 3 nitrogen and oxygen atoms in total. The number of hydrogen-bond donors (Lipinski definition) is 1. The van der Waals surface area contributed by atoms with Gasteiger partial charge in [-0.25, -0.2) is 0 Å². The van der Waals surface area contributed by atoms with Crippen molar-refractivity contribution in [1.82, 2.24) is 0 Å². The Morgan fingerprint density at radius 2 is 2.09 bits per heavy atom. The second-order valence-electron chi connectivity index (χ2n) is 2.03. The first-order chi connectivity index (χ1) is 5.36. The number of nitrogens with zero attached hydrogens (tertiary/aromatic N) is 1. The predicted octanol–water partition coefficient (Wildman–Crippen LogP) is 1.31. The van der Waals surface area contributed by atoms with Crippen LogP contribution in [0.1, 0.15) is 15.9 Å². The molecule has 0 aliphatic heterocycles. The van der Waals surface area contributed by atoms with Crippen molar-refractivity contribution in [3.63, 3.8) is 0 Å². The highest BCUT2D eigenvalue weighted by Crippen LogP contribution is 1.99. The van der Waals surface area contributed by atoms with E-state index in [2.05, 4.69) is 5.16 Å². The number of hydrogen-bond acceptors (Lipinski definition) is 3. The van der Waals surface area contributed by atoms with E-state index in [-0.39, 0.29) is 0 Å². The smallest absolute Gasteiger partial charge is 0.150 e. The van der Waals surface area contributed by atoms with Gasteiger partial charge in [-0.3, -0.25) is 4.79 Å². The average molecular weight is 149 g/mol. The molecule has 0 saturated heterocycles. The molecule has 0 atom stereocenters. The number of rotatable bonds is 2. The van der Waals surface area contributed by atoms with Gasteiger partial charge in [-0.05, 0) is 11.6 Å². The van der Waals surface area contributed by atoms with Crippen molar-refractivity contribution in [2.45, 2.75) is 0 Å². The fourth-order valence-electron chi connectivity index (χ4n) is 0.779. The Morgan fingerprint density at radius 1 is 1.36 bits per heavy atom. The SMILES string of the molecule is O=Cc1cccc(/C=N/O)c1. The highest BCUT2D eigenvalue weighted by atomic mass is 16.4. The Labute approximate surface area is 64.0 Å². The summed E-state index contributed by atoms with van der Waals surface area (Å²) in [6.45, 7) is 0. The molecular formula is C8H7NO2. The van der Waals surface area contributed by atoms with Crippen molar-refractivity contribution in [2.24, 2.45) is 5.16 Å². The van der Waals surface area contributed by atoms with Crippen LogP contribution >= 0.6 is 0 Å². The average Bonchev–Trinajstić information content (AvgIpc) is 2.06. The minimum Gasteiger partial charge on any atom is -0.411 e. The molecule has 0 bridgehead atoms. The summed E-state index contributed by atoms with van der Waals surface area (Å²) in [4.78, 5) is 10.3. The van der Waals surface area contributed by atoms with Crippen molar-refractivity contribution in [3.05, 3.63) is 35.4 Å². The van der Waals surface area contributed by atoms with Gasteiger partial charge in [-0.15, -0.1) is 0 Å². The van der Waals surface area contributed by atoms with Crippen LogP contribution in [0.15, 0.2) is 29.4 Å². The van der Waals surface area contributed by atoms with Crippen molar-refractivity contribution in [2.75, 3.05) is 0 Å². The molecule has 56 valence electrons. The van der Waals surface area contributed by atoms with E-state index in [4.69, 9.17) is 5.21 Å². The number of aldehydes is 1. The molecule has 0 aliphatic carbocycles. The molecule has 1 aromatic rings. The highest BCUT2D eigenvalue weighted by molar-refractivity contribution is 5.83. The molecule has 1 aromatic carbocycles. The molecule has 1 rings (SSSR count). The fourth-order valence-corrected chi connectivity index (χ4v) is 0.779. The van der Waals surface area contributed by atoms with Crippen LogP contribution in [0, 0.1) is 0 Å². The maximum atomic E-state index is 10.3. The Hall–Kier alpha value is -1.64. The van der Waals surface area contributed by atoms with E-state index in [0.29, 0.717) is 11.1 Å². The van der Waals surface area contributed by atoms with Crippen LogP contribution in [-0.4, -0.2) is 17.7 Å². The maximum absolute atomic E-state index is 10.3. The summed E-state index contributed by atoms with van der Waals surface area (Å²) in [6, 6.07) is 6.78. The lowest BCUT2D eigenvalue weighted by molar-refractivity contribution is 0.112. The number of benzene rings is 1. The van der Waals surface area contributed by atoms with E-state index in [1.165, 1.54) is 6.21 Å². The Morgan fingerprint density at radius 3 is 2.73 bits per heavy atom. The predicted molar refractivity (Wildman–Crippen MR) is 41.2 cm³/mol. The van der Waals surface area contributed by atoms with Crippen LogP contribution in [-0.2, 0) is 0 Å². The lowest BCUT2D eigenvalue weighted by atomic mass is 10.1. The van der Waals surface area contributed by atoms with Crippen LogP contribution in [0.4, 0.5) is 0 Å². The third kappa shape index (κ3) is 1.89. The second-order valence-corrected chi connectivity index (χ2v) is 2.03. The van der Waals surface area contributed by atoms with Gasteiger partial charge in [-0.1, -0.05) is 23.4 Å². The minimum atomic E-state index is 0.572. The third-order valence-corrected chi connectivity index (χ3v) is 1.25. The van der Waals surface area contributed by atoms with Gasteiger partial charge in [-0.2, -0.15) is 0 Å². The van der Waals surface area contributed by atoms with Crippen LogP contribution in [0.3, 0.4) is 0 Å². The summed E-state index contributed by atoms with van der Waals surface area (Å²) in [6.07, 6.45) is 2.02. The molecule has 0 fully saturated rings. The Bertz CT molecular complexity index is 281. The van der Waals surface area contributed by atoms with Gasteiger partial charge in [0.1, 0.15) is 6.29 Å². The zero-order chi connectivity index (χ0) is 8.10. The van der Waals surface area contributed by atoms with Crippen LogP contribution in [0.5, 0.6) is 0 Å². The van der Waals surface area contributed by atoms with Crippen molar-refractivity contribution >= 4 is 12.5 Å². The third-order valence-electron chi connectivity index (χ3n) is 1.25. The molecule has 0 spiro atoms. The minimum absolute atomic E-state index is 0.572. The molecule has 0 aliphatic rings. The molecule has 1 N–H and O–H groups in total.